The zero-order valence-electron chi connectivity index (χ0n) is 9.34. The van der Waals surface area contributed by atoms with Crippen LogP contribution in [0.5, 0.6) is 0 Å². The number of hydrogen-bond donors (Lipinski definition) is 0. The molecular formula is C14H19N. The number of fused-ring (bicyclic) bond motifs is 1. The van der Waals surface area contributed by atoms with Crippen LogP contribution in [0.1, 0.15) is 36.0 Å². The Hall–Kier alpha value is -0.820. The van der Waals surface area contributed by atoms with Gasteiger partial charge in [-0.05, 0) is 61.9 Å². The van der Waals surface area contributed by atoms with E-state index in [1.54, 1.807) is 11.1 Å². The van der Waals surface area contributed by atoms with Crippen LogP contribution < -0.4 is 0 Å². The first kappa shape index (κ1) is 9.41. The van der Waals surface area contributed by atoms with Crippen molar-refractivity contribution in [2.75, 3.05) is 13.1 Å². The van der Waals surface area contributed by atoms with Gasteiger partial charge in [0.05, 0.1) is 0 Å². The molecule has 0 saturated carbocycles. The van der Waals surface area contributed by atoms with Crippen molar-refractivity contribution in [1.82, 2.24) is 4.90 Å². The molecule has 1 aromatic carbocycles. The largest absolute Gasteiger partial charge is 0.299 e. The lowest BCUT2D eigenvalue weighted by atomic mass is 9.90. The summed E-state index contributed by atoms with van der Waals surface area (Å²) in [6.45, 7) is 3.78. The molecule has 3 rings (SSSR count). The summed E-state index contributed by atoms with van der Waals surface area (Å²) in [5.41, 5.74) is 4.75. The molecule has 15 heavy (non-hydrogen) atoms. The molecule has 1 aromatic rings. The second-order valence-corrected chi connectivity index (χ2v) is 4.94. The number of benzene rings is 1. The molecule has 1 aliphatic heterocycles. The molecule has 0 N–H and O–H groups in total. The Morgan fingerprint density at radius 2 is 1.73 bits per heavy atom. The summed E-state index contributed by atoms with van der Waals surface area (Å²) >= 11 is 0. The molecule has 0 spiro atoms. The van der Waals surface area contributed by atoms with Crippen molar-refractivity contribution < 1.29 is 0 Å². The molecular weight excluding hydrogens is 182 g/mol. The van der Waals surface area contributed by atoms with E-state index in [1.165, 1.54) is 57.3 Å². The quantitative estimate of drug-likeness (QED) is 0.711. The first-order valence-corrected chi connectivity index (χ1v) is 6.25. The fraction of sp³-hybridized carbons (Fsp3) is 0.571. The van der Waals surface area contributed by atoms with Crippen LogP contribution in [-0.4, -0.2) is 18.0 Å². The van der Waals surface area contributed by atoms with Crippen molar-refractivity contribution in [1.29, 1.82) is 0 Å². The van der Waals surface area contributed by atoms with Gasteiger partial charge < -0.3 is 0 Å². The average Bonchev–Trinajstić information content (AvgIpc) is 2.23. The van der Waals surface area contributed by atoms with E-state index < -0.39 is 0 Å². The molecule has 0 unspecified atom stereocenters. The highest BCUT2D eigenvalue weighted by Gasteiger charge is 2.15. The van der Waals surface area contributed by atoms with Gasteiger partial charge in [0.2, 0.25) is 0 Å². The average molecular weight is 201 g/mol. The minimum atomic E-state index is 1.17. The maximum Gasteiger partial charge on any atom is 0.0233 e. The van der Waals surface area contributed by atoms with Gasteiger partial charge in [-0.15, -0.1) is 0 Å². The highest BCUT2D eigenvalue weighted by atomic mass is 15.2. The molecule has 80 valence electrons. The SMILES string of the molecule is c1cc2c(cc1CN1CCC1)CCCC2. The van der Waals surface area contributed by atoms with E-state index in [9.17, 15) is 0 Å². The highest BCUT2D eigenvalue weighted by Crippen LogP contribution is 2.23. The molecule has 1 aliphatic carbocycles. The molecule has 2 aliphatic rings. The summed E-state index contributed by atoms with van der Waals surface area (Å²) in [4.78, 5) is 2.53. The second-order valence-electron chi connectivity index (χ2n) is 4.94. The fourth-order valence-corrected chi connectivity index (χ4v) is 2.68. The number of rotatable bonds is 2. The van der Waals surface area contributed by atoms with E-state index in [0.29, 0.717) is 0 Å². The van der Waals surface area contributed by atoms with Crippen molar-refractivity contribution in [2.24, 2.45) is 0 Å². The number of aryl methyl sites for hydroxylation is 2. The van der Waals surface area contributed by atoms with Gasteiger partial charge in [0, 0.05) is 6.54 Å². The molecule has 0 radical (unpaired) electrons. The van der Waals surface area contributed by atoms with Crippen LogP contribution in [0.2, 0.25) is 0 Å². The van der Waals surface area contributed by atoms with Crippen molar-refractivity contribution in [3.05, 3.63) is 34.9 Å². The fourth-order valence-electron chi connectivity index (χ4n) is 2.68. The first-order chi connectivity index (χ1) is 7.42. The van der Waals surface area contributed by atoms with Crippen molar-refractivity contribution in [2.45, 2.75) is 38.6 Å². The van der Waals surface area contributed by atoms with Gasteiger partial charge in [0.25, 0.3) is 0 Å². The highest BCUT2D eigenvalue weighted by molar-refractivity contribution is 5.33. The summed E-state index contributed by atoms with van der Waals surface area (Å²) in [7, 11) is 0. The van der Waals surface area contributed by atoms with Gasteiger partial charge in [0.15, 0.2) is 0 Å². The van der Waals surface area contributed by atoms with Crippen LogP contribution in [0.4, 0.5) is 0 Å². The lowest BCUT2D eigenvalue weighted by Gasteiger charge is -2.31. The lowest BCUT2D eigenvalue weighted by Crippen LogP contribution is -2.36. The number of likely N-dealkylation sites (tertiary alicyclic amines) is 1. The van der Waals surface area contributed by atoms with Gasteiger partial charge >= 0.3 is 0 Å². The molecule has 0 aromatic heterocycles. The van der Waals surface area contributed by atoms with Crippen LogP contribution in [0.25, 0.3) is 0 Å². The molecule has 1 heterocycles. The molecule has 1 nitrogen and oxygen atoms in total. The zero-order chi connectivity index (χ0) is 10.1. The molecule has 1 fully saturated rings. The van der Waals surface area contributed by atoms with Crippen molar-refractivity contribution >= 4 is 0 Å². The third kappa shape index (κ3) is 1.93. The van der Waals surface area contributed by atoms with Crippen molar-refractivity contribution in [3.8, 4) is 0 Å². The third-order valence-corrected chi connectivity index (χ3v) is 3.77. The van der Waals surface area contributed by atoms with Gasteiger partial charge in [0.1, 0.15) is 0 Å². The number of hydrogen-bond acceptors (Lipinski definition) is 1. The normalized spacial score (nSPS) is 20.8. The minimum absolute atomic E-state index is 1.17. The Morgan fingerprint density at radius 3 is 2.47 bits per heavy atom. The molecule has 1 saturated heterocycles. The molecule has 0 amide bonds. The Kier molecular flexibility index (Phi) is 2.49. The summed E-state index contributed by atoms with van der Waals surface area (Å²) in [6.07, 6.45) is 6.78. The maximum absolute atomic E-state index is 2.53. The topological polar surface area (TPSA) is 3.24 Å². The first-order valence-electron chi connectivity index (χ1n) is 6.25. The Morgan fingerprint density at radius 1 is 0.933 bits per heavy atom. The van der Waals surface area contributed by atoms with E-state index in [-0.39, 0.29) is 0 Å². The van der Waals surface area contributed by atoms with Crippen LogP contribution in [0, 0.1) is 0 Å². The van der Waals surface area contributed by atoms with E-state index >= 15 is 0 Å². The zero-order valence-corrected chi connectivity index (χ0v) is 9.34. The van der Waals surface area contributed by atoms with Crippen LogP contribution >= 0.6 is 0 Å². The smallest absolute Gasteiger partial charge is 0.0233 e. The molecule has 0 bridgehead atoms. The van der Waals surface area contributed by atoms with E-state index in [0.717, 1.165) is 0 Å². The van der Waals surface area contributed by atoms with E-state index in [4.69, 9.17) is 0 Å². The maximum atomic E-state index is 2.53. The molecule has 1 heteroatoms. The van der Waals surface area contributed by atoms with E-state index in [1.807, 2.05) is 0 Å². The lowest BCUT2D eigenvalue weighted by molar-refractivity contribution is 0.172. The van der Waals surface area contributed by atoms with Gasteiger partial charge in [-0.25, -0.2) is 0 Å². The number of nitrogens with zero attached hydrogens (tertiary/aromatic N) is 1. The predicted molar refractivity (Wildman–Crippen MR) is 63.0 cm³/mol. The standard InChI is InChI=1S/C14H19N/c1-2-5-14-10-12(6-7-13(14)4-1)11-15-8-3-9-15/h6-7,10H,1-5,8-9,11H2. The monoisotopic (exact) mass is 201 g/mol. The Balaban J connectivity index is 1.77. The van der Waals surface area contributed by atoms with Crippen LogP contribution in [-0.2, 0) is 19.4 Å². The summed E-state index contributed by atoms with van der Waals surface area (Å²) in [6, 6.07) is 7.15. The molecule has 0 atom stereocenters. The Bertz CT molecular complexity index is 352. The van der Waals surface area contributed by atoms with Crippen LogP contribution in [0.3, 0.4) is 0 Å². The minimum Gasteiger partial charge on any atom is -0.299 e. The van der Waals surface area contributed by atoms with Crippen LogP contribution in [0.15, 0.2) is 18.2 Å². The van der Waals surface area contributed by atoms with Gasteiger partial charge in [-0.3, -0.25) is 4.90 Å². The second kappa shape index (κ2) is 3.97. The predicted octanol–water partition coefficient (Wildman–Crippen LogP) is 2.77. The van der Waals surface area contributed by atoms with E-state index in [2.05, 4.69) is 23.1 Å². The summed E-state index contributed by atoms with van der Waals surface area (Å²) < 4.78 is 0. The van der Waals surface area contributed by atoms with Crippen molar-refractivity contribution in [3.63, 3.8) is 0 Å². The summed E-state index contributed by atoms with van der Waals surface area (Å²) in [5, 5.41) is 0. The summed E-state index contributed by atoms with van der Waals surface area (Å²) in [5.74, 6) is 0. The third-order valence-electron chi connectivity index (χ3n) is 3.77. The van der Waals surface area contributed by atoms with Gasteiger partial charge in [-0.2, -0.15) is 0 Å². The Labute approximate surface area is 92.1 Å². The van der Waals surface area contributed by atoms with Gasteiger partial charge in [-0.1, -0.05) is 18.2 Å².